The highest BCUT2D eigenvalue weighted by atomic mass is 32.1. The van der Waals surface area contributed by atoms with Crippen molar-refractivity contribution >= 4 is 17.0 Å². The molecule has 1 saturated carbocycles. The Kier molecular flexibility index (Phi) is 6.82. The lowest BCUT2D eigenvalue weighted by molar-refractivity contribution is 0.404. The maximum atomic E-state index is 5.65. The van der Waals surface area contributed by atoms with Gasteiger partial charge in [-0.1, -0.05) is 25.3 Å². The predicted octanol–water partition coefficient (Wildman–Crippen LogP) is 5.13. The largest absolute Gasteiger partial charge is 0.497 e. The Bertz CT molecular complexity index is 1110. The number of hydrogen-bond donors (Lipinski definition) is 0. The van der Waals surface area contributed by atoms with Gasteiger partial charge in [0.25, 0.3) is 0 Å². The van der Waals surface area contributed by atoms with Crippen molar-refractivity contribution in [1.82, 2.24) is 9.66 Å². The molecule has 0 amide bonds. The number of thiazole rings is 1. The summed E-state index contributed by atoms with van der Waals surface area (Å²) in [4.78, 5) is 10.2. The van der Waals surface area contributed by atoms with Gasteiger partial charge < -0.3 is 9.47 Å². The second-order valence-electron chi connectivity index (χ2n) is 7.63. The molecule has 0 atom stereocenters. The van der Waals surface area contributed by atoms with E-state index in [-0.39, 0.29) is 0 Å². The van der Waals surface area contributed by atoms with Crippen LogP contribution in [0.1, 0.15) is 44.6 Å². The summed E-state index contributed by atoms with van der Waals surface area (Å²) in [5.41, 5.74) is 3.71. The molecule has 31 heavy (non-hydrogen) atoms. The summed E-state index contributed by atoms with van der Waals surface area (Å²) in [6, 6.07) is 10.1. The number of benzene rings is 1. The molecule has 0 aliphatic heterocycles. The molecule has 1 aliphatic carbocycles. The van der Waals surface area contributed by atoms with Crippen molar-refractivity contribution in [2.45, 2.75) is 45.1 Å². The molecular weight excluding hydrogens is 408 g/mol. The Labute approximate surface area is 186 Å². The van der Waals surface area contributed by atoms with Gasteiger partial charge in [0.1, 0.15) is 11.5 Å². The minimum atomic E-state index is 0.354. The standard InChI is InChI=1S/C24H28N4O2S/c1-17(18-8-7-13-25-15-18)27-28-22(21-14-20(29-2)11-12-23(21)30-3)16-31-24(28)26-19-9-5-4-6-10-19/h7-8,11-16,19H,4-6,9-10H2,1-3H3. The Balaban J connectivity index is 1.88. The number of ether oxygens (including phenoxy) is 2. The van der Waals surface area contributed by atoms with Gasteiger partial charge in [-0.05, 0) is 44.0 Å². The zero-order valence-corrected chi connectivity index (χ0v) is 19.1. The normalized spacial score (nSPS) is 15.8. The summed E-state index contributed by atoms with van der Waals surface area (Å²) >= 11 is 1.61. The van der Waals surface area contributed by atoms with Crippen LogP contribution >= 0.6 is 11.3 Å². The van der Waals surface area contributed by atoms with Gasteiger partial charge in [0.15, 0.2) is 0 Å². The second kappa shape index (κ2) is 9.92. The first-order valence-electron chi connectivity index (χ1n) is 10.6. The Hall–Kier alpha value is -2.93. The van der Waals surface area contributed by atoms with Crippen molar-refractivity contribution in [2.24, 2.45) is 10.1 Å². The Morgan fingerprint density at radius 2 is 1.97 bits per heavy atom. The van der Waals surface area contributed by atoms with Crippen molar-refractivity contribution in [3.8, 4) is 22.8 Å². The molecule has 4 rings (SSSR count). The van der Waals surface area contributed by atoms with E-state index in [1.807, 2.05) is 48.1 Å². The number of nitrogens with zero attached hydrogens (tertiary/aromatic N) is 4. The third-order valence-electron chi connectivity index (χ3n) is 5.56. The molecule has 2 heterocycles. The van der Waals surface area contributed by atoms with Gasteiger partial charge in [-0.15, -0.1) is 11.3 Å². The first kappa shape index (κ1) is 21.3. The maximum Gasteiger partial charge on any atom is 0.206 e. The molecule has 0 N–H and O–H groups in total. The van der Waals surface area contributed by atoms with Crippen LogP contribution in [-0.4, -0.2) is 35.6 Å². The van der Waals surface area contributed by atoms with Crippen LogP contribution in [0.15, 0.2) is 58.2 Å². The second-order valence-corrected chi connectivity index (χ2v) is 8.47. The van der Waals surface area contributed by atoms with Gasteiger partial charge >= 0.3 is 0 Å². The maximum absolute atomic E-state index is 5.65. The molecule has 1 aliphatic rings. The van der Waals surface area contributed by atoms with E-state index in [0.717, 1.165) is 51.7 Å². The lowest BCUT2D eigenvalue weighted by Gasteiger charge is -2.17. The predicted molar refractivity (Wildman–Crippen MR) is 125 cm³/mol. The molecule has 2 aromatic heterocycles. The third-order valence-corrected chi connectivity index (χ3v) is 6.40. The summed E-state index contributed by atoms with van der Waals surface area (Å²) < 4.78 is 13.1. The highest BCUT2D eigenvalue weighted by molar-refractivity contribution is 7.07. The summed E-state index contributed by atoms with van der Waals surface area (Å²) in [6.45, 7) is 2.00. The van der Waals surface area contributed by atoms with Gasteiger partial charge in [-0.3, -0.25) is 9.98 Å². The fourth-order valence-electron chi connectivity index (χ4n) is 3.84. The molecule has 0 spiro atoms. The average molecular weight is 437 g/mol. The van der Waals surface area contributed by atoms with Crippen LogP contribution in [0, 0.1) is 0 Å². The lowest BCUT2D eigenvalue weighted by atomic mass is 9.96. The van der Waals surface area contributed by atoms with E-state index in [1.165, 1.54) is 19.3 Å². The van der Waals surface area contributed by atoms with Gasteiger partial charge in [0, 0.05) is 28.9 Å². The van der Waals surface area contributed by atoms with Crippen molar-refractivity contribution in [3.63, 3.8) is 0 Å². The molecule has 7 heteroatoms. The zero-order valence-electron chi connectivity index (χ0n) is 18.2. The van der Waals surface area contributed by atoms with E-state index in [9.17, 15) is 0 Å². The zero-order chi connectivity index (χ0) is 21.6. The number of hydrogen-bond acceptors (Lipinski definition) is 6. The fourth-order valence-corrected chi connectivity index (χ4v) is 4.73. The van der Waals surface area contributed by atoms with Gasteiger partial charge in [-0.2, -0.15) is 5.10 Å². The van der Waals surface area contributed by atoms with Crippen molar-refractivity contribution < 1.29 is 9.47 Å². The van der Waals surface area contributed by atoms with Crippen LogP contribution in [-0.2, 0) is 0 Å². The van der Waals surface area contributed by atoms with Crippen molar-refractivity contribution in [2.75, 3.05) is 14.2 Å². The fraction of sp³-hybridized carbons (Fsp3) is 0.375. The first-order chi connectivity index (χ1) is 15.2. The first-order valence-corrected chi connectivity index (χ1v) is 11.5. The minimum Gasteiger partial charge on any atom is -0.497 e. The molecule has 0 saturated heterocycles. The van der Waals surface area contributed by atoms with E-state index < -0.39 is 0 Å². The minimum absolute atomic E-state index is 0.354. The highest BCUT2D eigenvalue weighted by Gasteiger charge is 2.17. The SMILES string of the molecule is COc1ccc(OC)c(-c2csc(=NC3CCCCC3)n2N=C(C)c2cccnc2)c1. The molecule has 162 valence electrons. The van der Waals surface area contributed by atoms with Gasteiger partial charge in [-0.25, -0.2) is 4.68 Å². The third kappa shape index (κ3) is 4.88. The van der Waals surface area contributed by atoms with Crippen LogP contribution in [0.4, 0.5) is 0 Å². The summed E-state index contributed by atoms with van der Waals surface area (Å²) in [5, 5.41) is 7.07. The highest BCUT2D eigenvalue weighted by Crippen LogP contribution is 2.34. The van der Waals surface area contributed by atoms with Crippen LogP contribution < -0.4 is 14.3 Å². The summed E-state index contributed by atoms with van der Waals surface area (Å²) in [5.74, 6) is 1.54. The lowest BCUT2D eigenvalue weighted by Crippen LogP contribution is -2.20. The van der Waals surface area contributed by atoms with E-state index >= 15 is 0 Å². The molecule has 1 aromatic carbocycles. The van der Waals surface area contributed by atoms with Crippen LogP contribution in [0.25, 0.3) is 11.3 Å². The quantitative estimate of drug-likeness (QED) is 0.503. The molecule has 0 radical (unpaired) electrons. The molecule has 0 bridgehead atoms. The Morgan fingerprint density at radius 3 is 2.68 bits per heavy atom. The van der Waals surface area contributed by atoms with E-state index in [2.05, 4.69) is 10.4 Å². The van der Waals surface area contributed by atoms with Crippen molar-refractivity contribution in [1.29, 1.82) is 0 Å². The molecular formula is C24H28N4O2S. The topological polar surface area (TPSA) is 61.0 Å². The molecule has 3 aromatic rings. The Morgan fingerprint density at radius 1 is 1.13 bits per heavy atom. The number of rotatable bonds is 6. The average Bonchev–Trinajstić information content (AvgIpc) is 3.21. The molecule has 0 unspecified atom stereocenters. The molecule has 1 fully saturated rings. The monoisotopic (exact) mass is 436 g/mol. The van der Waals surface area contributed by atoms with Crippen LogP contribution in [0.5, 0.6) is 11.5 Å². The van der Waals surface area contributed by atoms with Gasteiger partial charge in [0.05, 0.1) is 31.7 Å². The van der Waals surface area contributed by atoms with Crippen LogP contribution in [0.2, 0.25) is 0 Å². The van der Waals surface area contributed by atoms with E-state index in [4.69, 9.17) is 19.6 Å². The summed E-state index contributed by atoms with van der Waals surface area (Å²) in [6.07, 6.45) is 9.67. The smallest absolute Gasteiger partial charge is 0.206 e. The summed E-state index contributed by atoms with van der Waals surface area (Å²) in [7, 11) is 3.35. The number of methoxy groups -OCH3 is 2. The number of pyridine rings is 1. The molecule has 6 nitrogen and oxygen atoms in total. The van der Waals surface area contributed by atoms with Crippen molar-refractivity contribution in [3.05, 3.63) is 58.5 Å². The van der Waals surface area contributed by atoms with Gasteiger partial charge in [0.2, 0.25) is 4.80 Å². The number of aromatic nitrogens is 2. The van der Waals surface area contributed by atoms with Crippen LogP contribution in [0.3, 0.4) is 0 Å². The van der Waals surface area contributed by atoms with E-state index in [1.54, 1.807) is 31.8 Å². The van der Waals surface area contributed by atoms with E-state index in [0.29, 0.717) is 6.04 Å².